The highest BCUT2D eigenvalue weighted by Gasteiger charge is 2.23. The predicted octanol–water partition coefficient (Wildman–Crippen LogP) is 3.88. The van der Waals surface area contributed by atoms with Gasteiger partial charge in [-0.15, -0.1) is 0 Å². The Morgan fingerprint density at radius 1 is 1.06 bits per heavy atom. The number of nitrogens with zero attached hydrogens (tertiary/aromatic N) is 3. The number of carbonyl (C=O) groups is 2. The van der Waals surface area contributed by atoms with Gasteiger partial charge in [0.05, 0.1) is 23.0 Å². The van der Waals surface area contributed by atoms with Crippen LogP contribution in [0.15, 0.2) is 70.1 Å². The first-order chi connectivity index (χ1) is 17.4. The summed E-state index contributed by atoms with van der Waals surface area (Å²) in [4.78, 5) is 47.1. The Bertz CT molecular complexity index is 1460. The molecule has 2 amide bonds. The number of aromatic nitrogens is 2. The van der Waals surface area contributed by atoms with Crippen LogP contribution in [0.5, 0.6) is 0 Å². The first kappa shape index (κ1) is 23.4. The lowest BCUT2D eigenvalue weighted by Gasteiger charge is -2.35. The van der Waals surface area contributed by atoms with Gasteiger partial charge in [-0.25, -0.2) is 9.59 Å². The Morgan fingerprint density at radius 2 is 1.83 bits per heavy atom. The molecule has 5 rings (SSSR count). The van der Waals surface area contributed by atoms with Crippen molar-refractivity contribution in [3.8, 4) is 0 Å². The van der Waals surface area contributed by atoms with Crippen LogP contribution in [-0.4, -0.2) is 53.0 Å². The molecule has 11 heteroatoms. The van der Waals surface area contributed by atoms with Gasteiger partial charge in [0.15, 0.2) is 5.58 Å². The van der Waals surface area contributed by atoms with E-state index in [4.69, 9.17) is 20.8 Å². The molecule has 1 saturated heterocycles. The average Bonchev–Trinajstić information content (AvgIpc) is 3.27. The van der Waals surface area contributed by atoms with E-state index in [-0.39, 0.29) is 18.6 Å². The molecule has 2 aromatic heterocycles. The number of nitrogens with one attached hydrogen (secondary N) is 2. The van der Waals surface area contributed by atoms with E-state index in [2.05, 4.69) is 20.2 Å². The fraction of sp³-hybridized carbons (Fsp3) is 0.200. The maximum atomic E-state index is 12.8. The number of halogens is 1. The van der Waals surface area contributed by atoms with Crippen LogP contribution in [0.25, 0.3) is 11.1 Å². The molecular formula is C25H22ClN5O5. The van der Waals surface area contributed by atoms with E-state index in [0.717, 1.165) is 11.3 Å². The number of rotatable bonds is 5. The predicted molar refractivity (Wildman–Crippen MR) is 134 cm³/mol. The molecule has 0 atom stereocenters. The minimum Gasteiger partial charge on any atom is -0.445 e. The van der Waals surface area contributed by atoms with Crippen molar-refractivity contribution < 1.29 is 18.7 Å². The molecule has 0 aliphatic carbocycles. The molecule has 0 unspecified atom stereocenters. The van der Waals surface area contributed by atoms with Crippen LogP contribution in [0.2, 0.25) is 5.02 Å². The van der Waals surface area contributed by atoms with Crippen molar-refractivity contribution in [2.75, 3.05) is 36.4 Å². The number of ether oxygens (including phenoxy) is 1. The van der Waals surface area contributed by atoms with Gasteiger partial charge in [-0.05, 0) is 35.9 Å². The molecule has 0 bridgehead atoms. The van der Waals surface area contributed by atoms with Gasteiger partial charge < -0.3 is 24.3 Å². The molecule has 10 nitrogen and oxygen atoms in total. The fourth-order valence-corrected chi connectivity index (χ4v) is 4.04. The monoisotopic (exact) mass is 507 g/mol. The highest BCUT2D eigenvalue weighted by atomic mass is 35.5. The first-order valence-corrected chi connectivity index (χ1v) is 11.6. The van der Waals surface area contributed by atoms with Gasteiger partial charge in [0.25, 0.3) is 5.91 Å². The molecule has 2 aromatic carbocycles. The fourth-order valence-electron chi connectivity index (χ4n) is 3.92. The highest BCUT2D eigenvalue weighted by Crippen LogP contribution is 2.20. The zero-order chi connectivity index (χ0) is 25.1. The molecule has 3 heterocycles. The number of oxazole rings is 1. The van der Waals surface area contributed by atoms with Gasteiger partial charge in [0, 0.05) is 49.2 Å². The van der Waals surface area contributed by atoms with E-state index in [0.29, 0.717) is 53.6 Å². The van der Waals surface area contributed by atoms with Gasteiger partial charge in [-0.1, -0.05) is 23.7 Å². The molecule has 2 N–H and O–H groups in total. The van der Waals surface area contributed by atoms with E-state index < -0.39 is 5.76 Å². The first-order valence-electron chi connectivity index (χ1n) is 11.2. The molecule has 0 spiro atoms. The molecular weight excluding hydrogens is 486 g/mol. The Morgan fingerprint density at radius 3 is 2.61 bits per heavy atom. The normalized spacial score (nSPS) is 13.6. The summed E-state index contributed by atoms with van der Waals surface area (Å²) in [6.45, 7) is 2.30. The van der Waals surface area contributed by atoms with Gasteiger partial charge in [-0.3, -0.25) is 14.8 Å². The summed E-state index contributed by atoms with van der Waals surface area (Å²) in [6, 6.07) is 13.8. The number of hydrogen-bond donors (Lipinski definition) is 2. The van der Waals surface area contributed by atoms with Gasteiger partial charge in [-0.2, -0.15) is 0 Å². The molecule has 1 fully saturated rings. The zero-order valence-electron chi connectivity index (χ0n) is 19.1. The Hall–Kier alpha value is -4.31. The minimum atomic E-state index is -0.555. The summed E-state index contributed by atoms with van der Waals surface area (Å²) in [6.07, 6.45) is 2.80. The molecule has 1 aliphatic heterocycles. The summed E-state index contributed by atoms with van der Waals surface area (Å²) in [7, 11) is 0. The van der Waals surface area contributed by atoms with E-state index in [1.165, 1.54) is 6.20 Å². The number of fused-ring (bicyclic) bond motifs is 1. The minimum absolute atomic E-state index is 0.181. The number of H-pyrrole nitrogens is 1. The van der Waals surface area contributed by atoms with Crippen LogP contribution in [0.4, 0.5) is 16.2 Å². The average molecular weight is 508 g/mol. The van der Waals surface area contributed by atoms with Crippen molar-refractivity contribution in [3.05, 3.63) is 87.6 Å². The van der Waals surface area contributed by atoms with Crippen molar-refractivity contribution in [1.82, 2.24) is 14.9 Å². The quantitative estimate of drug-likeness (QED) is 0.420. The largest absolute Gasteiger partial charge is 0.445 e. The third-order valence-electron chi connectivity index (χ3n) is 5.84. The summed E-state index contributed by atoms with van der Waals surface area (Å²) in [5, 5.41) is 3.42. The van der Waals surface area contributed by atoms with E-state index >= 15 is 0 Å². The van der Waals surface area contributed by atoms with Gasteiger partial charge in [0.2, 0.25) is 0 Å². The molecule has 1 aliphatic rings. The van der Waals surface area contributed by atoms with Crippen LogP contribution in [0.1, 0.15) is 15.9 Å². The van der Waals surface area contributed by atoms with Crippen LogP contribution in [0.3, 0.4) is 0 Å². The van der Waals surface area contributed by atoms with Crippen LogP contribution < -0.4 is 16.0 Å². The molecule has 36 heavy (non-hydrogen) atoms. The number of hydrogen-bond acceptors (Lipinski definition) is 7. The zero-order valence-corrected chi connectivity index (χ0v) is 19.8. The molecule has 0 radical (unpaired) electrons. The van der Waals surface area contributed by atoms with E-state index in [1.54, 1.807) is 47.5 Å². The van der Waals surface area contributed by atoms with Gasteiger partial charge in [0.1, 0.15) is 6.61 Å². The number of amides is 2. The van der Waals surface area contributed by atoms with Crippen molar-refractivity contribution >= 4 is 46.1 Å². The van der Waals surface area contributed by atoms with Crippen molar-refractivity contribution in [3.63, 3.8) is 0 Å². The molecule has 4 aromatic rings. The second-order valence-electron chi connectivity index (χ2n) is 8.27. The van der Waals surface area contributed by atoms with Crippen LogP contribution in [0, 0.1) is 0 Å². The number of aromatic amines is 1. The number of piperazine rings is 1. The van der Waals surface area contributed by atoms with Crippen molar-refractivity contribution in [2.45, 2.75) is 6.61 Å². The summed E-state index contributed by atoms with van der Waals surface area (Å²) in [5.41, 5.74) is 3.43. The number of anilines is 2. The standard InChI is InChI=1S/C25H22ClN5O5/c26-18-3-1-16(2-4-18)15-35-25(34)31-9-7-30(8-10-31)20-11-17(13-27-14-20)23(32)28-19-5-6-21-22(12-19)36-24(33)29-21/h1-6,11-14H,7-10,15H2,(H,28,32)(H,29,33). The SMILES string of the molecule is O=C(Nc1ccc2[nH]c(=O)oc2c1)c1cncc(N2CCN(C(=O)OCc3ccc(Cl)cc3)CC2)c1. The lowest BCUT2D eigenvalue weighted by atomic mass is 10.2. The maximum absolute atomic E-state index is 12.8. The number of carbonyl (C=O) groups excluding carboxylic acids is 2. The van der Waals surface area contributed by atoms with Gasteiger partial charge >= 0.3 is 11.8 Å². The van der Waals surface area contributed by atoms with Crippen LogP contribution in [-0.2, 0) is 11.3 Å². The lowest BCUT2D eigenvalue weighted by molar-refractivity contribution is 0.0941. The Balaban J connectivity index is 1.16. The third-order valence-corrected chi connectivity index (χ3v) is 6.10. The summed E-state index contributed by atoms with van der Waals surface area (Å²) in [5.74, 6) is -0.897. The highest BCUT2D eigenvalue weighted by molar-refractivity contribution is 6.30. The Kier molecular flexibility index (Phi) is 6.59. The van der Waals surface area contributed by atoms with Crippen LogP contribution >= 0.6 is 11.6 Å². The van der Waals surface area contributed by atoms with E-state index in [9.17, 15) is 14.4 Å². The molecule has 0 saturated carbocycles. The lowest BCUT2D eigenvalue weighted by Crippen LogP contribution is -2.49. The molecule has 184 valence electrons. The smallest absolute Gasteiger partial charge is 0.417 e. The topological polar surface area (TPSA) is 121 Å². The number of benzene rings is 2. The van der Waals surface area contributed by atoms with E-state index in [1.807, 2.05) is 12.1 Å². The van der Waals surface area contributed by atoms with Crippen molar-refractivity contribution in [1.29, 1.82) is 0 Å². The third kappa shape index (κ3) is 5.33. The number of pyridine rings is 1. The second kappa shape index (κ2) is 10.1. The Labute approximate surface area is 210 Å². The second-order valence-corrected chi connectivity index (χ2v) is 8.70. The maximum Gasteiger partial charge on any atom is 0.417 e. The van der Waals surface area contributed by atoms with Crippen molar-refractivity contribution in [2.24, 2.45) is 0 Å². The summed E-state index contributed by atoms with van der Waals surface area (Å²) >= 11 is 5.88. The summed E-state index contributed by atoms with van der Waals surface area (Å²) < 4.78 is 10.5.